The minimum absolute atomic E-state index is 0.634. The number of aromatic nitrogens is 5. The van der Waals surface area contributed by atoms with Crippen LogP contribution in [0.2, 0.25) is 0 Å². The zero-order valence-corrected chi connectivity index (χ0v) is 28.6. The Morgan fingerprint density at radius 1 is 0.451 bits per heavy atom. The van der Waals surface area contributed by atoms with Crippen LogP contribution in [0.5, 0.6) is 0 Å². The van der Waals surface area contributed by atoms with Crippen molar-refractivity contribution in [2.45, 2.75) is 0 Å². The molecule has 7 heteroatoms. The van der Waals surface area contributed by atoms with Crippen LogP contribution in [0.3, 0.4) is 0 Å². The predicted octanol–water partition coefficient (Wildman–Crippen LogP) is 12.1. The Morgan fingerprint density at radius 2 is 1.08 bits per heavy atom. The number of nitrogens with zero attached hydrogens (tertiary/aromatic N) is 5. The summed E-state index contributed by atoms with van der Waals surface area (Å²) < 4.78 is 6.31. The summed E-state index contributed by atoms with van der Waals surface area (Å²) in [5.74, 6) is 1.93. The van der Waals surface area contributed by atoms with Crippen molar-refractivity contribution in [1.29, 1.82) is 0 Å². The monoisotopic (exact) mass is 687 g/mol. The Bertz CT molecular complexity index is 3080. The van der Waals surface area contributed by atoms with Crippen molar-refractivity contribution in [1.82, 2.24) is 24.5 Å². The normalized spacial score (nSPS) is 11.9. The molecule has 238 valence electrons. The summed E-state index contributed by atoms with van der Waals surface area (Å²) in [4.78, 5) is 20.9. The molecule has 0 amide bonds. The van der Waals surface area contributed by atoms with Gasteiger partial charge in [-0.15, -0.1) is 22.7 Å². The molecule has 0 aliphatic rings. The third-order valence-corrected chi connectivity index (χ3v) is 12.0. The van der Waals surface area contributed by atoms with Crippen molar-refractivity contribution < 1.29 is 0 Å². The van der Waals surface area contributed by atoms with Crippen LogP contribution in [0.25, 0.3) is 102 Å². The first kappa shape index (κ1) is 28.5. The fourth-order valence-corrected chi connectivity index (χ4v) is 10.0. The second-order valence-corrected chi connectivity index (χ2v) is 14.7. The first-order valence-corrected chi connectivity index (χ1v) is 18.4. The molecule has 0 spiro atoms. The van der Waals surface area contributed by atoms with Gasteiger partial charge in [-0.25, -0.2) is 19.9 Å². The number of benzene rings is 6. The highest BCUT2D eigenvalue weighted by molar-refractivity contribution is 7.30. The highest BCUT2D eigenvalue weighted by Gasteiger charge is 2.25. The molecular formula is C44H25N5S2. The van der Waals surface area contributed by atoms with Crippen LogP contribution in [0.15, 0.2) is 152 Å². The van der Waals surface area contributed by atoms with E-state index in [9.17, 15) is 0 Å². The smallest absolute Gasteiger partial charge is 0.164 e. The van der Waals surface area contributed by atoms with Gasteiger partial charge >= 0.3 is 0 Å². The number of hydrogen-bond acceptors (Lipinski definition) is 6. The molecule has 0 N–H and O–H groups in total. The molecule has 5 heterocycles. The van der Waals surface area contributed by atoms with E-state index in [1.165, 1.54) is 51.9 Å². The van der Waals surface area contributed by atoms with E-state index in [0.29, 0.717) is 17.5 Å². The van der Waals surface area contributed by atoms with Crippen LogP contribution >= 0.6 is 22.7 Å². The maximum Gasteiger partial charge on any atom is 0.164 e. The summed E-state index contributed by atoms with van der Waals surface area (Å²) in [5.41, 5.74) is 6.25. The van der Waals surface area contributed by atoms with Crippen LogP contribution in [0, 0.1) is 0 Å². The lowest BCUT2D eigenvalue weighted by molar-refractivity contribution is 1.07. The van der Waals surface area contributed by atoms with E-state index >= 15 is 0 Å². The van der Waals surface area contributed by atoms with E-state index < -0.39 is 0 Å². The van der Waals surface area contributed by atoms with Crippen LogP contribution in [0.4, 0.5) is 0 Å². The van der Waals surface area contributed by atoms with E-state index in [1.54, 1.807) is 11.3 Å². The van der Waals surface area contributed by atoms with E-state index in [1.807, 2.05) is 78.2 Å². The Labute approximate surface area is 299 Å². The summed E-state index contributed by atoms with van der Waals surface area (Å²) >= 11 is 3.67. The standard InChI is InChI=1S/C44H25N5S2/c1-3-13-26(14-4-1)41-46-42(27-15-5-2-6-16-27)48-43(47-41)28-17-11-18-29(25-28)49-33-22-9-7-19-30(33)35-36-32-21-12-24-45-44(32)51-39(36)37-31-20-8-10-23-34(31)50-40(37)38(35)49/h1-25H. The molecule has 0 aliphatic carbocycles. The average molecular weight is 688 g/mol. The highest BCUT2D eigenvalue weighted by Crippen LogP contribution is 2.51. The molecule has 5 aromatic heterocycles. The van der Waals surface area contributed by atoms with Crippen molar-refractivity contribution in [3.8, 4) is 39.9 Å². The second kappa shape index (κ2) is 11.1. The molecule has 0 atom stereocenters. The number of fused-ring (bicyclic) bond motifs is 12. The number of rotatable bonds is 4. The van der Waals surface area contributed by atoms with E-state index in [2.05, 4.69) is 89.5 Å². The Kier molecular flexibility index (Phi) is 6.22. The molecule has 11 aromatic rings. The molecular weight excluding hydrogens is 663 g/mol. The Hall–Kier alpha value is -6.28. The Morgan fingerprint density at radius 3 is 1.84 bits per heavy atom. The highest BCUT2D eigenvalue weighted by atomic mass is 32.1. The molecule has 0 saturated carbocycles. The molecule has 0 radical (unpaired) electrons. The van der Waals surface area contributed by atoms with Gasteiger partial charge in [0.2, 0.25) is 0 Å². The molecule has 5 nitrogen and oxygen atoms in total. The summed E-state index contributed by atoms with van der Waals surface area (Å²) in [6, 6.07) is 50.8. The van der Waals surface area contributed by atoms with Crippen LogP contribution in [-0.4, -0.2) is 24.5 Å². The molecule has 0 aliphatic heterocycles. The average Bonchev–Trinajstić information content (AvgIpc) is 3.88. The maximum atomic E-state index is 5.06. The lowest BCUT2D eigenvalue weighted by Crippen LogP contribution is -2.01. The molecule has 11 rings (SSSR count). The van der Waals surface area contributed by atoms with E-state index in [0.717, 1.165) is 32.7 Å². The third kappa shape index (κ3) is 4.32. The van der Waals surface area contributed by atoms with Gasteiger partial charge in [-0.2, -0.15) is 0 Å². The van der Waals surface area contributed by atoms with E-state index in [4.69, 9.17) is 19.9 Å². The molecule has 0 fully saturated rings. The zero-order chi connectivity index (χ0) is 33.5. The van der Waals surface area contributed by atoms with Crippen molar-refractivity contribution in [2.75, 3.05) is 0 Å². The molecule has 0 saturated heterocycles. The number of pyridine rings is 1. The predicted molar refractivity (Wildman–Crippen MR) is 214 cm³/mol. The SMILES string of the molecule is c1ccc(-c2nc(-c3ccccc3)nc(-c3cccc(-n4c5ccccc5c5c6c7cccnc7sc6c6c7ccccc7sc6c54)c3)n2)cc1. The lowest BCUT2D eigenvalue weighted by atomic mass is 10.0. The van der Waals surface area contributed by atoms with Crippen LogP contribution in [0.1, 0.15) is 0 Å². The van der Waals surface area contributed by atoms with Gasteiger partial charge in [-0.05, 0) is 36.4 Å². The minimum Gasteiger partial charge on any atom is -0.308 e. The van der Waals surface area contributed by atoms with Crippen molar-refractivity contribution in [2.24, 2.45) is 0 Å². The summed E-state index contributed by atoms with van der Waals surface area (Å²) in [5, 5.41) is 7.55. The summed E-state index contributed by atoms with van der Waals surface area (Å²) in [6.45, 7) is 0. The molecule has 0 unspecified atom stereocenters. The van der Waals surface area contributed by atoms with Gasteiger partial charge in [-0.3, -0.25) is 0 Å². The minimum atomic E-state index is 0.634. The van der Waals surface area contributed by atoms with Crippen molar-refractivity contribution in [3.63, 3.8) is 0 Å². The zero-order valence-electron chi connectivity index (χ0n) is 27.0. The summed E-state index contributed by atoms with van der Waals surface area (Å²) in [6.07, 6.45) is 1.90. The summed E-state index contributed by atoms with van der Waals surface area (Å²) in [7, 11) is 0. The molecule has 0 bridgehead atoms. The fraction of sp³-hybridized carbons (Fsp3) is 0. The van der Waals surface area contributed by atoms with Crippen LogP contribution in [-0.2, 0) is 0 Å². The van der Waals surface area contributed by atoms with Gasteiger partial charge < -0.3 is 4.57 Å². The van der Waals surface area contributed by atoms with Crippen molar-refractivity contribution in [3.05, 3.63) is 152 Å². The molecule has 51 heavy (non-hydrogen) atoms. The number of para-hydroxylation sites is 1. The van der Waals surface area contributed by atoms with Crippen molar-refractivity contribution >= 4 is 85.0 Å². The van der Waals surface area contributed by atoms with Gasteiger partial charge in [0.1, 0.15) is 4.83 Å². The fourth-order valence-electron chi connectivity index (χ4n) is 7.49. The number of hydrogen-bond donors (Lipinski definition) is 0. The van der Waals surface area contributed by atoms with Crippen LogP contribution < -0.4 is 0 Å². The third-order valence-electron chi connectivity index (χ3n) is 9.69. The lowest BCUT2D eigenvalue weighted by Gasteiger charge is -2.12. The largest absolute Gasteiger partial charge is 0.308 e. The Balaban J connectivity index is 1.24. The quantitative estimate of drug-likeness (QED) is 0.185. The van der Waals surface area contributed by atoms with Gasteiger partial charge in [-0.1, -0.05) is 109 Å². The van der Waals surface area contributed by atoms with Gasteiger partial charge in [0.05, 0.1) is 15.7 Å². The van der Waals surface area contributed by atoms with Gasteiger partial charge in [0, 0.05) is 70.3 Å². The van der Waals surface area contributed by atoms with Gasteiger partial charge in [0.25, 0.3) is 0 Å². The number of thiophene rings is 2. The first-order valence-electron chi connectivity index (χ1n) is 16.8. The first-order chi connectivity index (χ1) is 25.3. The molecule has 6 aromatic carbocycles. The topological polar surface area (TPSA) is 56.5 Å². The maximum absolute atomic E-state index is 5.06. The van der Waals surface area contributed by atoms with Gasteiger partial charge in [0.15, 0.2) is 17.5 Å². The second-order valence-electron chi connectivity index (χ2n) is 12.6. The van der Waals surface area contributed by atoms with E-state index in [-0.39, 0.29) is 0 Å².